The van der Waals surface area contributed by atoms with E-state index in [0.717, 1.165) is 11.1 Å². The molecule has 0 aliphatic heterocycles. The standard InChI is InChI=1S/C17H18N6O/c1-12(20-17(24)19-10-13-6-3-2-4-7-13)15-21-16(23-22-15)14-8-5-9-18-11-14/h2-9,11-12H,10H2,1H3,(H2,19,20,24)(H,21,22,23)/t12-/m1/s1. The van der Waals surface area contributed by atoms with E-state index in [-0.39, 0.29) is 12.1 Å². The quantitative estimate of drug-likeness (QED) is 0.672. The number of H-pyrrole nitrogens is 1. The third kappa shape index (κ3) is 3.95. The molecule has 0 spiro atoms. The Morgan fingerprint density at radius 1 is 1.21 bits per heavy atom. The summed E-state index contributed by atoms with van der Waals surface area (Å²) in [7, 11) is 0. The molecule has 2 amide bonds. The monoisotopic (exact) mass is 322 g/mol. The molecule has 0 saturated carbocycles. The van der Waals surface area contributed by atoms with E-state index in [1.165, 1.54) is 0 Å². The molecule has 1 atom stereocenters. The van der Waals surface area contributed by atoms with Crippen molar-refractivity contribution in [2.24, 2.45) is 0 Å². The smallest absolute Gasteiger partial charge is 0.315 e. The summed E-state index contributed by atoms with van der Waals surface area (Å²) >= 11 is 0. The van der Waals surface area contributed by atoms with Crippen LogP contribution in [0.1, 0.15) is 24.4 Å². The van der Waals surface area contributed by atoms with E-state index < -0.39 is 0 Å². The third-order valence-corrected chi connectivity index (χ3v) is 3.48. The Morgan fingerprint density at radius 3 is 2.79 bits per heavy atom. The van der Waals surface area contributed by atoms with Gasteiger partial charge in [0.25, 0.3) is 0 Å². The molecule has 0 aliphatic carbocycles. The largest absolute Gasteiger partial charge is 0.334 e. The first kappa shape index (κ1) is 15.7. The van der Waals surface area contributed by atoms with Crippen LogP contribution in [0.2, 0.25) is 0 Å². The van der Waals surface area contributed by atoms with Crippen LogP contribution in [0.15, 0.2) is 54.9 Å². The Morgan fingerprint density at radius 2 is 2.04 bits per heavy atom. The Hall–Kier alpha value is -3.22. The lowest BCUT2D eigenvalue weighted by Gasteiger charge is -2.12. The second-order valence-electron chi connectivity index (χ2n) is 5.32. The van der Waals surface area contributed by atoms with Crippen molar-refractivity contribution >= 4 is 6.03 Å². The van der Waals surface area contributed by atoms with Crippen molar-refractivity contribution in [2.45, 2.75) is 19.5 Å². The van der Waals surface area contributed by atoms with Crippen LogP contribution in [-0.2, 0) is 6.54 Å². The lowest BCUT2D eigenvalue weighted by molar-refractivity contribution is 0.237. The van der Waals surface area contributed by atoms with Gasteiger partial charge in [-0.25, -0.2) is 9.78 Å². The first-order valence-corrected chi connectivity index (χ1v) is 7.63. The molecule has 7 nitrogen and oxygen atoms in total. The maximum atomic E-state index is 12.0. The number of nitrogens with one attached hydrogen (secondary N) is 3. The Balaban J connectivity index is 1.56. The maximum Gasteiger partial charge on any atom is 0.315 e. The lowest BCUT2D eigenvalue weighted by atomic mass is 10.2. The van der Waals surface area contributed by atoms with E-state index in [0.29, 0.717) is 18.2 Å². The number of aromatic amines is 1. The van der Waals surface area contributed by atoms with Gasteiger partial charge in [-0.1, -0.05) is 30.3 Å². The minimum atomic E-state index is -0.293. The van der Waals surface area contributed by atoms with Crippen LogP contribution in [0.5, 0.6) is 0 Å². The molecule has 1 aromatic carbocycles. The summed E-state index contributed by atoms with van der Waals surface area (Å²) in [5.41, 5.74) is 1.86. The molecular formula is C17H18N6O. The summed E-state index contributed by atoms with van der Waals surface area (Å²) in [4.78, 5) is 20.4. The SMILES string of the molecule is C[C@@H](NC(=O)NCc1ccccc1)c1nc(-c2cccnc2)n[nH]1. The average Bonchev–Trinajstić information content (AvgIpc) is 3.12. The lowest BCUT2D eigenvalue weighted by Crippen LogP contribution is -2.37. The van der Waals surface area contributed by atoms with Crippen LogP contribution in [0, 0.1) is 0 Å². The van der Waals surface area contributed by atoms with E-state index in [4.69, 9.17) is 0 Å². The van der Waals surface area contributed by atoms with Gasteiger partial charge in [0.15, 0.2) is 5.82 Å². The zero-order chi connectivity index (χ0) is 16.8. The molecule has 3 aromatic rings. The van der Waals surface area contributed by atoms with Gasteiger partial charge in [-0.3, -0.25) is 10.1 Å². The molecular weight excluding hydrogens is 304 g/mol. The van der Waals surface area contributed by atoms with Gasteiger partial charge >= 0.3 is 6.03 Å². The number of hydrogen-bond acceptors (Lipinski definition) is 4. The number of hydrogen-bond donors (Lipinski definition) is 3. The molecule has 0 unspecified atom stereocenters. The van der Waals surface area contributed by atoms with Crippen LogP contribution < -0.4 is 10.6 Å². The van der Waals surface area contributed by atoms with Crippen LogP contribution >= 0.6 is 0 Å². The summed E-state index contributed by atoms with van der Waals surface area (Å²) in [6, 6.07) is 12.9. The molecule has 0 bridgehead atoms. The molecule has 3 N–H and O–H groups in total. The predicted octanol–water partition coefficient (Wildman–Crippen LogP) is 2.43. The van der Waals surface area contributed by atoms with Crippen LogP contribution in [-0.4, -0.2) is 26.2 Å². The fourth-order valence-corrected chi connectivity index (χ4v) is 2.19. The van der Waals surface area contributed by atoms with Gasteiger partial charge in [-0.15, -0.1) is 0 Å². The first-order chi connectivity index (χ1) is 11.7. The molecule has 0 saturated heterocycles. The van der Waals surface area contributed by atoms with Crippen molar-refractivity contribution in [2.75, 3.05) is 0 Å². The highest BCUT2D eigenvalue weighted by atomic mass is 16.2. The molecule has 2 heterocycles. The predicted molar refractivity (Wildman–Crippen MR) is 89.8 cm³/mol. The molecule has 3 rings (SSSR count). The number of rotatable bonds is 5. The van der Waals surface area contributed by atoms with Crippen molar-refractivity contribution in [3.63, 3.8) is 0 Å². The number of benzene rings is 1. The van der Waals surface area contributed by atoms with Gasteiger partial charge in [-0.05, 0) is 24.6 Å². The van der Waals surface area contributed by atoms with Crippen molar-refractivity contribution in [1.82, 2.24) is 30.8 Å². The summed E-state index contributed by atoms with van der Waals surface area (Å²) in [6.07, 6.45) is 3.38. The van der Waals surface area contributed by atoms with E-state index in [1.807, 2.05) is 49.4 Å². The van der Waals surface area contributed by atoms with Crippen LogP contribution in [0.3, 0.4) is 0 Å². The summed E-state index contributed by atoms with van der Waals surface area (Å²) in [6.45, 7) is 2.31. The van der Waals surface area contributed by atoms with Crippen LogP contribution in [0.25, 0.3) is 11.4 Å². The molecule has 0 fully saturated rings. The number of carbonyl (C=O) groups is 1. The first-order valence-electron chi connectivity index (χ1n) is 7.63. The summed E-state index contributed by atoms with van der Waals surface area (Å²) in [5.74, 6) is 1.14. The van der Waals surface area contributed by atoms with Gasteiger partial charge in [0.1, 0.15) is 5.82 Å². The number of carbonyl (C=O) groups excluding carboxylic acids is 1. The van der Waals surface area contributed by atoms with Crippen molar-refractivity contribution in [3.05, 3.63) is 66.2 Å². The molecule has 24 heavy (non-hydrogen) atoms. The number of amides is 2. The highest BCUT2D eigenvalue weighted by Crippen LogP contribution is 2.15. The second-order valence-corrected chi connectivity index (χ2v) is 5.32. The van der Waals surface area contributed by atoms with E-state index in [2.05, 4.69) is 30.8 Å². The fraction of sp³-hybridized carbons (Fsp3) is 0.176. The highest BCUT2D eigenvalue weighted by Gasteiger charge is 2.14. The maximum absolute atomic E-state index is 12.0. The van der Waals surface area contributed by atoms with Crippen LogP contribution in [0.4, 0.5) is 4.79 Å². The minimum absolute atomic E-state index is 0.259. The van der Waals surface area contributed by atoms with Gasteiger partial charge in [0.05, 0.1) is 6.04 Å². The molecule has 0 aliphatic rings. The van der Waals surface area contributed by atoms with E-state index >= 15 is 0 Å². The van der Waals surface area contributed by atoms with Gasteiger partial charge in [0, 0.05) is 24.5 Å². The molecule has 122 valence electrons. The Kier molecular flexibility index (Phi) is 4.81. The number of nitrogens with zero attached hydrogens (tertiary/aromatic N) is 3. The third-order valence-electron chi connectivity index (χ3n) is 3.48. The van der Waals surface area contributed by atoms with Gasteiger partial charge in [-0.2, -0.15) is 5.10 Å². The number of pyridine rings is 1. The second kappa shape index (κ2) is 7.36. The highest BCUT2D eigenvalue weighted by molar-refractivity contribution is 5.74. The fourth-order valence-electron chi connectivity index (χ4n) is 2.19. The van der Waals surface area contributed by atoms with Crippen molar-refractivity contribution in [3.8, 4) is 11.4 Å². The topological polar surface area (TPSA) is 95.6 Å². The number of aromatic nitrogens is 4. The van der Waals surface area contributed by atoms with Gasteiger partial charge < -0.3 is 10.6 Å². The Bertz CT molecular complexity index is 787. The average molecular weight is 322 g/mol. The van der Waals surface area contributed by atoms with Crippen molar-refractivity contribution < 1.29 is 4.79 Å². The summed E-state index contributed by atoms with van der Waals surface area (Å²) < 4.78 is 0. The van der Waals surface area contributed by atoms with Crippen molar-refractivity contribution in [1.29, 1.82) is 0 Å². The van der Waals surface area contributed by atoms with Gasteiger partial charge in [0.2, 0.25) is 0 Å². The minimum Gasteiger partial charge on any atom is -0.334 e. The molecule has 7 heteroatoms. The zero-order valence-corrected chi connectivity index (χ0v) is 13.2. The molecule has 2 aromatic heterocycles. The zero-order valence-electron chi connectivity index (χ0n) is 13.2. The summed E-state index contributed by atoms with van der Waals surface area (Å²) in [5, 5.41) is 12.7. The van der Waals surface area contributed by atoms with E-state index in [1.54, 1.807) is 12.4 Å². The normalized spacial score (nSPS) is 11.7. The molecule has 0 radical (unpaired) electrons. The number of urea groups is 1. The van der Waals surface area contributed by atoms with E-state index in [9.17, 15) is 4.79 Å². The Labute approximate surface area is 139 Å².